The van der Waals surface area contributed by atoms with Crippen molar-refractivity contribution in [3.63, 3.8) is 0 Å². The normalized spacial score (nSPS) is 11.4. The summed E-state index contributed by atoms with van der Waals surface area (Å²) in [5.74, 6) is 0.818. The number of rotatable bonds is 7. The van der Waals surface area contributed by atoms with Crippen LogP contribution in [0.5, 0.6) is 0 Å². The van der Waals surface area contributed by atoms with Gasteiger partial charge in [-0.3, -0.25) is 4.99 Å². The van der Waals surface area contributed by atoms with Crippen molar-refractivity contribution < 1.29 is 0 Å². The smallest absolute Gasteiger partial charge is 0.191 e. The molecule has 24 heavy (non-hydrogen) atoms. The molecule has 130 valence electrons. The van der Waals surface area contributed by atoms with E-state index in [4.69, 9.17) is 0 Å². The number of thiazole rings is 1. The third-order valence-corrected chi connectivity index (χ3v) is 4.92. The van der Waals surface area contributed by atoms with Gasteiger partial charge in [0.15, 0.2) is 5.96 Å². The molecule has 2 aromatic rings. The van der Waals surface area contributed by atoms with Crippen LogP contribution in [0.15, 0.2) is 35.5 Å². The van der Waals surface area contributed by atoms with E-state index in [0.717, 1.165) is 31.9 Å². The van der Waals surface area contributed by atoms with Crippen molar-refractivity contribution >= 4 is 23.0 Å². The molecule has 0 amide bonds. The molecule has 0 aliphatic heterocycles. The first kappa shape index (κ1) is 18.3. The van der Waals surface area contributed by atoms with Crippen LogP contribution in [-0.2, 0) is 19.4 Å². The fraction of sp³-hybridized carbons (Fsp3) is 0.444. The summed E-state index contributed by atoms with van der Waals surface area (Å²) in [6, 6.07) is 8.52. The minimum absolute atomic E-state index is 0.755. The Kier molecular flexibility index (Phi) is 7.06. The summed E-state index contributed by atoms with van der Waals surface area (Å²) in [4.78, 5) is 12.1. The Morgan fingerprint density at radius 1 is 1.21 bits per heavy atom. The SMILES string of the molecule is CCc1cnc(CCNC(=NC)NCc2ccc(N(C)C)cc2)s1. The number of anilines is 1. The van der Waals surface area contributed by atoms with Crippen LogP contribution in [-0.4, -0.2) is 38.6 Å². The first-order chi connectivity index (χ1) is 11.6. The molecule has 0 unspecified atom stereocenters. The highest BCUT2D eigenvalue weighted by molar-refractivity contribution is 7.11. The molecule has 0 saturated carbocycles. The maximum atomic E-state index is 4.44. The summed E-state index contributed by atoms with van der Waals surface area (Å²) in [7, 11) is 5.89. The zero-order chi connectivity index (χ0) is 17.4. The molecule has 2 N–H and O–H groups in total. The van der Waals surface area contributed by atoms with Crippen LogP contribution in [0.2, 0.25) is 0 Å². The molecule has 0 saturated heterocycles. The van der Waals surface area contributed by atoms with Crippen LogP contribution in [0, 0.1) is 0 Å². The second-order valence-corrected chi connectivity index (χ2v) is 6.94. The molecular formula is C18H27N5S. The molecule has 0 radical (unpaired) electrons. The minimum Gasteiger partial charge on any atom is -0.378 e. The van der Waals surface area contributed by atoms with Gasteiger partial charge in [0.05, 0.1) is 5.01 Å². The number of aryl methyl sites for hydroxylation is 1. The molecule has 0 bridgehead atoms. The van der Waals surface area contributed by atoms with E-state index in [1.165, 1.54) is 21.1 Å². The number of nitrogens with zero attached hydrogens (tertiary/aromatic N) is 3. The Bertz CT molecular complexity index is 646. The largest absolute Gasteiger partial charge is 0.378 e. The van der Waals surface area contributed by atoms with E-state index < -0.39 is 0 Å². The van der Waals surface area contributed by atoms with Gasteiger partial charge in [-0.15, -0.1) is 11.3 Å². The number of aliphatic imine (C=N–C) groups is 1. The maximum Gasteiger partial charge on any atom is 0.191 e. The molecule has 5 nitrogen and oxygen atoms in total. The average molecular weight is 346 g/mol. The highest BCUT2D eigenvalue weighted by Gasteiger charge is 2.02. The summed E-state index contributed by atoms with van der Waals surface area (Å²) in [6.45, 7) is 3.74. The van der Waals surface area contributed by atoms with Gasteiger partial charge in [0.2, 0.25) is 0 Å². The fourth-order valence-electron chi connectivity index (χ4n) is 2.23. The predicted molar refractivity (Wildman–Crippen MR) is 104 cm³/mol. The highest BCUT2D eigenvalue weighted by atomic mass is 32.1. The van der Waals surface area contributed by atoms with E-state index in [-0.39, 0.29) is 0 Å². The fourth-order valence-corrected chi connectivity index (χ4v) is 3.10. The molecule has 1 aromatic carbocycles. The Hall–Kier alpha value is -2.08. The number of hydrogen-bond donors (Lipinski definition) is 2. The van der Waals surface area contributed by atoms with Crippen LogP contribution >= 0.6 is 11.3 Å². The first-order valence-corrected chi connectivity index (χ1v) is 9.08. The van der Waals surface area contributed by atoms with E-state index in [2.05, 4.69) is 56.7 Å². The lowest BCUT2D eigenvalue weighted by Gasteiger charge is -2.14. The van der Waals surface area contributed by atoms with E-state index in [9.17, 15) is 0 Å². The third-order valence-electron chi connectivity index (χ3n) is 3.72. The lowest BCUT2D eigenvalue weighted by Crippen LogP contribution is -2.37. The molecule has 1 heterocycles. The van der Waals surface area contributed by atoms with Crippen molar-refractivity contribution in [2.24, 2.45) is 4.99 Å². The van der Waals surface area contributed by atoms with Gasteiger partial charge >= 0.3 is 0 Å². The van der Waals surface area contributed by atoms with Gasteiger partial charge in [0.1, 0.15) is 0 Å². The van der Waals surface area contributed by atoms with Gasteiger partial charge < -0.3 is 15.5 Å². The van der Waals surface area contributed by atoms with Gasteiger partial charge in [-0.05, 0) is 24.1 Å². The van der Waals surface area contributed by atoms with Crippen LogP contribution in [0.4, 0.5) is 5.69 Å². The van der Waals surface area contributed by atoms with Gasteiger partial charge in [-0.25, -0.2) is 4.98 Å². The van der Waals surface area contributed by atoms with E-state index in [0.29, 0.717) is 0 Å². The quantitative estimate of drug-likeness (QED) is 0.598. The minimum atomic E-state index is 0.755. The van der Waals surface area contributed by atoms with Crippen molar-refractivity contribution in [2.45, 2.75) is 26.3 Å². The van der Waals surface area contributed by atoms with Gasteiger partial charge in [0, 0.05) is 57.4 Å². The van der Waals surface area contributed by atoms with Crippen LogP contribution in [0.1, 0.15) is 22.4 Å². The molecule has 0 aliphatic rings. The standard InChI is InChI=1S/C18H27N5S/c1-5-16-13-21-17(24-16)10-11-20-18(19-2)22-12-14-6-8-15(9-7-14)23(3)4/h6-9,13H,5,10-12H2,1-4H3,(H2,19,20,22). The van der Waals surface area contributed by atoms with Crippen LogP contribution < -0.4 is 15.5 Å². The number of nitrogens with one attached hydrogen (secondary N) is 2. The second-order valence-electron chi connectivity index (χ2n) is 5.74. The molecule has 6 heteroatoms. The van der Waals surface area contributed by atoms with Gasteiger partial charge in [-0.2, -0.15) is 0 Å². The van der Waals surface area contributed by atoms with Crippen molar-refractivity contribution in [1.29, 1.82) is 0 Å². The van der Waals surface area contributed by atoms with E-state index >= 15 is 0 Å². The second kappa shape index (κ2) is 9.27. The molecular weight excluding hydrogens is 318 g/mol. The van der Waals surface area contributed by atoms with Crippen molar-refractivity contribution in [2.75, 3.05) is 32.6 Å². The molecule has 0 aliphatic carbocycles. The zero-order valence-corrected chi connectivity index (χ0v) is 15.8. The Balaban J connectivity index is 1.75. The van der Waals surface area contributed by atoms with E-state index in [1.807, 2.05) is 20.3 Å². The number of benzene rings is 1. The lowest BCUT2D eigenvalue weighted by molar-refractivity contribution is 0.792. The van der Waals surface area contributed by atoms with Gasteiger partial charge in [0.25, 0.3) is 0 Å². The molecule has 0 atom stereocenters. The average Bonchev–Trinajstić information content (AvgIpc) is 3.06. The van der Waals surface area contributed by atoms with Crippen molar-refractivity contribution in [3.05, 3.63) is 45.9 Å². The topological polar surface area (TPSA) is 52.6 Å². The number of aromatic nitrogens is 1. The van der Waals surface area contributed by atoms with Crippen LogP contribution in [0.3, 0.4) is 0 Å². The Labute approximate surface area is 148 Å². The first-order valence-electron chi connectivity index (χ1n) is 8.26. The summed E-state index contributed by atoms with van der Waals surface area (Å²) >= 11 is 1.79. The molecule has 0 fully saturated rings. The summed E-state index contributed by atoms with van der Waals surface area (Å²) in [6.07, 6.45) is 3.95. The molecule has 1 aromatic heterocycles. The number of guanidine groups is 1. The summed E-state index contributed by atoms with van der Waals surface area (Å²) in [5.41, 5.74) is 2.44. The van der Waals surface area contributed by atoms with Gasteiger partial charge in [-0.1, -0.05) is 19.1 Å². The summed E-state index contributed by atoms with van der Waals surface area (Å²) < 4.78 is 0. The van der Waals surface area contributed by atoms with Crippen LogP contribution in [0.25, 0.3) is 0 Å². The van der Waals surface area contributed by atoms with E-state index in [1.54, 1.807) is 18.4 Å². The van der Waals surface area contributed by atoms with Crippen molar-refractivity contribution in [3.8, 4) is 0 Å². The van der Waals surface area contributed by atoms with Crippen molar-refractivity contribution in [1.82, 2.24) is 15.6 Å². The zero-order valence-electron chi connectivity index (χ0n) is 15.0. The Morgan fingerprint density at radius 3 is 2.54 bits per heavy atom. The maximum absolute atomic E-state index is 4.44. The highest BCUT2D eigenvalue weighted by Crippen LogP contribution is 2.13. The molecule has 2 rings (SSSR count). The number of hydrogen-bond acceptors (Lipinski definition) is 4. The third kappa shape index (κ3) is 5.53. The lowest BCUT2D eigenvalue weighted by atomic mass is 10.2. The predicted octanol–water partition coefficient (Wildman–Crippen LogP) is 2.68. The Morgan fingerprint density at radius 2 is 1.96 bits per heavy atom. The monoisotopic (exact) mass is 345 g/mol. The molecule has 0 spiro atoms. The summed E-state index contributed by atoms with van der Waals surface area (Å²) in [5, 5.41) is 7.86.